The van der Waals surface area contributed by atoms with E-state index in [-0.39, 0.29) is 0 Å². The van der Waals surface area contributed by atoms with Crippen molar-refractivity contribution in [1.82, 2.24) is 9.88 Å². The van der Waals surface area contributed by atoms with Crippen LogP contribution in [0.25, 0.3) is 0 Å². The second-order valence-corrected chi connectivity index (χ2v) is 5.56. The van der Waals surface area contributed by atoms with Gasteiger partial charge in [-0.3, -0.25) is 4.90 Å². The van der Waals surface area contributed by atoms with E-state index < -0.39 is 0 Å². The first-order chi connectivity index (χ1) is 8.70. The number of rotatable bonds is 5. The monoisotopic (exact) mass is 247 g/mol. The maximum atomic E-state index is 4.46. The molecule has 1 aromatic heterocycles. The second kappa shape index (κ2) is 6.19. The van der Waals surface area contributed by atoms with Crippen molar-refractivity contribution >= 4 is 5.82 Å². The van der Waals surface area contributed by atoms with E-state index in [1.54, 1.807) is 0 Å². The average molecular weight is 247 g/mol. The van der Waals surface area contributed by atoms with Gasteiger partial charge in [0.25, 0.3) is 0 Å². The third-order valence-electron chi connectivity index (χ3n) is 3.72. The summed E-state index contributed by atoms with van der Waals surface area (Å²) in [5, 5.41) is 3.43. The van der Waals surface area contributed by atoms with E-state index in [2.05, 4.69) is 42.0 Å². The van der Waals surface area contributed by atoms with Crippen molar-refractivity contribution in [3.63, 3.8) is 0 Å². The molecule has 1 fully saturated rings. The fraction of sp³-hybridized carbons (Fsp3) is 0.667. The van der Waals surface area contributed by atoms with Crippen LogP contribution in [-0.2, 0) is 6.54 Å². The molecule has 1 aliphatic heterocycles. The molecule has 2 heterocycles. The minimum absolute atomic E-state index is 0.694. The van der Waals surface area contributed by atoms with Gasteiger partial charge in [-0.2, -0.15) is 0 Å². The molecule has 1 saturated heterocycles. The van der Waals surface area contributed by atoms with Gasteiger partial charge in [0, 0.05) is 37.4 Å². The quantitative estimate of drug-likeness (QED) is 0.866. The van der Waals surface area contributed by atoms with Crippen molar-refractivity contribution in [2.45, 2.75) is 46.2 Å². The van der Waals surface area contributed by atoms with Crippen LogP contribution >= 0.6 is 0 Å². The molecule has 2 rings (SSSR count). The van der Waals surface area contributed by atoms with Gasteiger partial charge in [-0.25, -0.2) is 4.98 Å². The lowest BCUT2D eigenvalue weighted by Crippen LogP contribution is -2.27. The summed E-state index contributed by atoms with van der Waals surface area (Å²) in [6.45, 7) is 10.1. The van der Waals surface area contributed by atoms with E-state index in [0.29, 0.717) is 6.04 Å². The highest BCUT2D eigenvalue weighted by Gasteiger charge is 2.26. The predicted octanol–water partition coefficient (Wildman–Crippen LogP) is 3.13. The van der Waals surface area contributed by atoms with Gasteiger partial charge in [0.2, 0.25) is 0 Å². The second-order valence-electron chi connectivity index (χ2n) is 5.56. The van der Waals surface area contributed by atoms with Gasteiger partial charge < -0.3 is 5.32 Å². The molecular formula is C15H25N3. The third-order valence-corrected chi connectivity index (χ3v) is 3.72. The Kier molecular flexibility index (Phi) is 4.59. The lowest BCUT2D eigenvalue weighted by Gasteiger charge is -2.22. The topological polar surface area (TPSA) is 28.2 Å². The molecule has 0 bridgehead atoms. The van der Waals surface area contributed by atoms with Crippen LogP contribution in [0.2, 0.25) is 0 Å². The molecule has 0 spiro atoms. The number of hydrogen-bond donors (Lipinski definition) is 1. The molecule has 3 heteroatoms. The number of hydrogen-bond acceptors (Lipinski definition) is 3. The van der Waals surface area contributed by atoms with Crippen molar-refractivity contribution in [2.24, 2.45) is 5.92 Å². The van der Waals surface area contributed by atoms with Crippen LogP contribution in [0.5, 0.6) is 0 Å². The van der Waals surface area contributed by atoms with Gasteiger partial charge in [-0.15, -0.1) is 0 Å². The molecule has 0 aliphatic carbocycles. The van der Waals surface area contributed by atoms with Crippen LogP contribution in [0.1, 0.15) is 39.2 Å². The Morgan fingerprint density at radius 1 is 1.44 bits per heavy atom. The molecule has 2 unspecified atom stereocenters. The molecule has 0 aromatic carbocycles. The molecule has 0 radical (unpaired) electrons. The summed E-state index contributed by atoms with van der Waals surface area (Å²) in [5.41, 5.74) is 1.33. The summed E-state index contributed by atoms with van der Waals surface area (Å²) in [5.74, 6) is 1.88. The minimum Gasteiger partial charge on any atom is -0.370 e. The predicted molar refractivity (Wildman–Crippen MR) is 76.7 cm³/mol. The number of nitrogens with one attached hydrogen (secondary N) is 1. The molecule has 1 N–H and O–H groups in total. The van der Waals surface area contributed by atoms with Crippen LogP contribution < -0.4 is 5.32 Å². The summed E-state index contributed by atoms with van der Waals surface area (Å²) in [7, 11) is 0. The van der Waals surface area contributed by atoms with E-state index >= 15 is 0 Å². The van der Waals surface area contributed by atoms with Crippen molar-refractivity contribution in [1.29, 1.82) is 0 Å². The summed E-state index contributed by atoms with van der Waals surface area (Å²) >= 11 is 0. The van der Waals surface area contributed by atoms with Gasteiger partial charge in [0.15, 0.2) is 0 Å². The van der Waals surface area contributed by atoms with E-state index in [1.807, 2.05) is 12.3 Å². The highest BCUT2D eigenvalue weighted by atomic mass is 15.2. The maximum absolute atomic E-state index is 4.46. The zero-order valence-electron chi connectivity index (χ0n) is 11.8. The third kappa shape index (κ3) is 3.22. The highest BCUT2D eigenvalue weighted by Crippen LogP contribution is 2.25. The number of pyridine rings is 1. The number of nitrogens with zero attached hydrogens (tertiary/aromatic N) is 2. The molecule has 2 atom stereocenters. The fourth-order valence-electron chi connectivity index (χ4n) is 2.79. The summed E-state index contributed by atoms with van der Waals surface area (Å²) < 4.78 is 0. The summed E-state index contributed by atoms with van der Waals surface area (Å²) in [6, 6.07) is 4.93. The van der Waals surface area contributed by atoms with Gasteiger partial charge >= 0.3 is 0 Å². The Balaban J connectivity index is 2.04. The minimum atomic E-state index is 0.694. The van der Waals surface area contributed by atoms with Crippen LogP contribution in [0, 0.1) is 5.92 Å². The Morgan fingerprint density at radius 3 is 2.94 bits per heavy atom. The van der Waals surface area contributed by atoms with E-state index in [4.69, 9.17) is 0 Å². The average Bonchev–Trinajstić information content (AvgIpc) is 2.67. The Hall–Kier alpha value is -1.09. The van der Waals surface area contributed by atoms with Crippen molar-refractivity contribution in [2.75, 3.05) is 18.4 Å². The van der Waals surface area contributed by atoms with E-state index in [0.717, 1.165) is 31.2 Å². The molecule has 1 aliphatic rings. The zero-order valence-corrected chi connectivity index (χ0v) is 11.8. The molecule has 100 valence electrons. The van der Waals surface area contributed by atoms with E-state index in [9.17, 15) is 0 Å². The standard InChI is InChI=1S/C15H25N3/c1-4-7-16-15-14(6-5-8-17-15)11-18-10-12(2)9-13(18)3/h5-6,8,12-13H,4,7,9-11H2,1-3H3,(H,16,17). The lowest BCUT2D eigenvalue weighted by molar-refractivity contribution is 0.257. The fourth-order valence-corrected chi connectivity index (χ4v) is 2.79. The van der Waals surface area contributed by atoms with Gasteiger partial charge in [0.1, 0.15) is 5.82 Å². The molecular weight excluding hydrogens is 222 g/mol. The molecule has 3 nitrogen and oxygen atoms in total. The maximum Gasteiger partial charge on any atom is 0.130 e. The SMILES string of the molecule is CCCNc1ncccc1CN1CC(C)CC1C. The van der Waals surface area contributed by atoms with Crippen LogP contribution in [0.4, 0.5) is 5.82 Å². The van der Waals surface area contributed by atoms with Gasteiger partial charge in [-0.1, -0.05) is 19.9 Å². The Labute approximate surface area is 111 Å². The number of aromatic nitrogens is 1. The Bertz CT molecular complexity index is 378. The Morgan fingerprint density at radius 2 is 2.28 bits per heavy atom. The van der Waals surface area contributed by atoms with Crippen molar-refractivity contribution in [3.05, 3.63) is 23.9 Å². The summed E-state index contributed by atoms with van der Waals surface area (Å²) in [6.07, 6.45) is 4.32. The first-order valence-electron chi connectivity index (χ1n) is 7.12. The zero-order chi connectivity index (χ0) is 13.0. The smallest absolute Gasteiger partial charge is 0.130 e. The molecule has 0 amide bonds. The molecule has 0 saturated carbocycles. The molecule has 1 aromatic rings. The molecule has 18 heavy (non-hydrogen) atoms. The van der Waals surface area contributed by atoms with Crippen LogP contribution in [0.15, 0.2) is 18.3 Å². The number of anilines is 1. The number of likely N-dealkylation sites (tertiary alicyclic amines) is 1. The van der Waals surface area contributed by atoms with Crippen LogP contribution in [-0.4, -0.2) is 29.0 Å². The largest absolute Gasteiger partial charge is 0.370 e. The first kappa shape index (κ1) is 13.3. The first-order valence-corrected chi connectivity index (χ1v) is 7.12. The van der Waals surface area contributed by atoms with E-state index in [1.165, 1.54) is 18.5 Å². The normalized spacial score (nSPS) is 24.4. The van der Waals surface area contributed by atoms with Crippen molar-refractivity contribution in [3.8, 4) is 0 Å². The van der Waals surface area contributed by atoms with Crippen molar-refractivity contribution < 1.29 is 0 Å². The van der Waals surface area contributed by atoms with Gasteiger partial charge in [-0.05, 0) is 31.7 Å². The lowest BCUT2D eigenvalue weighted by atomic mass is 10.1. The highest BCUT2D eigenvalue weighted by molar-refractivity contribution is 5.43. The van der Waals surface area contributed by atoms with Crippen LogP contribution in [0.3, 0.4) is 0 Å². The summed E-state index contributed by atoms with van der Waals surface area (Å²) in [4.78, 5) is 7.03. The van der Waals surface area contributed by atoms with Gasteiger partial charge in [0.05, 0.1) is 0 Å².